The van der Waals surface area contributed by atoms with Gasteiger partial charge in [0, 0.05) is 37.6 Å². The fraction of sp³-hybridized carbons (Fsp3) is 0.350. The van der Waals surface area contributed by atoms with Crippen LogP contribution < -0.4 is 5.32 Å². The summed E-state index contributed by atoms with van der Waals surface area (Å²) in [6, 6.07) is 9.04. The summed E-state index contributed by atoms with van der Waals surface area (Å²) in [6.45, 7) is 5.93. The minimum absolute atomic E-state index is 0.0204. The molecule has 7 heteroatoms. The van der Waals surface area contributed by atoms with Crippen molar-refractivity contribution in [3.8, 4) is 6.07 Å². The van der Waals surface area contributed by atoms with Crippen LogP contribution in [0.1, 0.15) is 58.8 Å². The van der Waals surface area contributed by atoms with Crippen LogP contribution in [0.3, 0.4) is 0 Å². The number of nitrogens with one attached hydrogen (secondary N) is 1. The van der Waals surface area contributed by atoms with Crippen molar-refractivity contribution in [2.24, 2.45) is 0 Å². The Hall–Kier alpha value is -3.27. The molecular weight excluding hydrogens is 342 g/mol. The number of nitriles is 1. The second-order valence-corrected chi connectivity index (χ2v) is 6.08. The van der Waals surface area contributed by atoms with Crippen LogP contribution in [-0.2, 0) is 6.54 Å². The predicted molar refractivity (Wildman–Crippen MR) is 101 cm³/mol. The second kappa shape index (κ2) is 10.0. The Labute approximate surface area is 159 Å². The maximum atomic E-state index is 12.6. The summed E-state index contributed by atoms with van der Waals surface area (Å²) in [7, 11) is 0. The number of rotatable bonds is 8. The molecule has 0 atom stereocenters. The fourth-order valence-electron chi connectivity index (χ4n) is 2.59. The number of hydrogen-bond donors (Lipinski definition) is 1. The van der Waals surface area contributed by atoms with Crippen molar-refractivity contribution in [1.82, 2.24) is 20.2 Å². The Morgan fingerprint density at radius 3 is 2.15 bits per heavy atom. The zero-order valence-electron chi connectivity index (χ0n) is 15.6. The molecule has 140 valence electrons. The van der Waals surface area contributed by atoms with Gasteiger partial charge in [-0.1, -0.05) is 26.0 Å². The van der Waals surface area contributed by atoms with E-state index in [1.807, 2.05) is 17.0 Å². The molecule has 1 heterocycles. The molecule has 2 rings (SSSR count). The highest BCUT2D eigenvalue weighted by molar-refractivity contribution is 5.94. The first-order valence-corrected chi connectivity index (χ1v) is 8.97. The van der Waals surface area contributed by atoms with Gasteiger partial charge in [0.25, 0.3) is 11.8 Å². The Kier molecular flexibility index (Phi) is 7.44. The summed E-state index contributed by atoms with van der Waals surface area (Å²) in [5, 5.41) is 11.4. The van der Waals surface area contributed by atoms with E-state index < -0.39 is 0 Å². The van der Waals surface area contributed by atoms with Crippen LogP contribution in [0.5, 0.6) is 0 Å². The lowest BCUT2D eigenvalue weighted by atomic mass is 10.1. The van der Waals surface area contributed by atoms with Crippen molar-refractivity contribution in [3.63, 3.8) is 0 Å². The van der Waals surface area contributed by atoms with Gasteiger partial charge in [-0.3, -0.25) is 9.59 Å². The molecule has 1 N–H and O–H groups in total. The summed E-state index contributed by atoms with van der Waals surface area (Å²) >= 11 is 0. The molecule has 0 aliphatic carbocycles. The molecule has 0 aliphatic heterocycles. The van der Waals surface area contributed by atoms with Gasteiger partial charge in [0.15, 0.2) is 0 Å². The highest BCUT2D eigenvalue weighted by atomic mass is 16.2. The predicted octanol–water partition coefficient (Wildman–Crippen LogP) is 2.54. The molecule has 0 bridgehead atoms. The number of amides is 2. The van der Waals surface area contributed by atoms with Crippen LogP contribution in [0, 0.1) is 11.3 Å². The van der Waals surface area contributed by atoms with E-state index in [9.17, 15) is 9.59 Å². The molecule has 2 amide bonds. The number of nitrogens with zero attached hydrogens (tertiary/aromatic N) is 4. The van der Waals surface area contributed by atoms with Crippen molar-refractivity contribution in [2.45, 2.75) is 33.2 Å². The Morgan fingerprint density at radius 2 is 1.63 bits per heavy atom. The highest BCUT2D eigenvalue weighted by Crippen LogP contribution is 2.09. The lowest BCUT2D eigenvalue weighted by Crippen LogP contribution is -2.32. The van der Waals surface area contributed by atoms with Gasteiger partial charge in [0.05, 0.1) is 5.56 Å². The quantitative estimate of drug-likeness (QED) is 0.775. The molecular formula is C20H23N5O2. The van der Waals surface area contributed by atoms with Gasteiger partial charge < -0.3 is 10.2 Å². The van der Waals surface area contributed by atoms with Crippen molar-refractivity contribution in [2.75, 3.05) is 13.1 Å². The van der Waals surface area contributed by atoms with E-state index in [0.717, 1.165) is 31.5 Å². The van der Waals surface area contributed by atoms with E-state index in [2.05, 4.69) is 29.1 Å². The Bertz CT molecular complexity index is 804. The van der Waals surface area contributed by atoms with Crippen molar-refractivity contribution >= 4 is 11.8 Å². The van der Waals surface area contributed by atoms with E-state index in [0.29, 0.717) is 12.1 Å². The monoisotopic (exact) mass is 365 g/mol. The van der Waals surface area contributed by atoms with Crippen LogP contribution in [0.2, 0.25) is 0 Å². The molecule has 0 unspecified atom stereocenters. The molecule has 0 saturated heterocycles. The largest absolute Gasteiger partial charge is 0.348 e. The molecule has 0 saturated carbocycles. The smallest absolute Gasteiger partial charge is 0.254 e. The first kappa shape index (κ1) is 20.0. The molecule has 0 fully saturated rings. The van der Waals surface area contributed by atoms with Crippen molar-refractivity contribution < 1.29 is 9.59 Å². The zero-order valence-corrected chi connectivity index (χ0v) is 15.6. The first-order valence-electron chi connectivity index (χ1n) is 8.97. The lowest BCUT2D eigenvalue weighted by Gasteiger charge is -2.21. The second-order valence-electron chi connectivity index (χ2n) is 6.08. The maximum Gasteiger partial charge on any atom is 0.254 e. The Morgan fingerprint density at radius 1 is 1.04 bits per heavy atom. The zero-order chi connectivity index (χ0) is 19.6. The van der Waals surface area contributed by atoms with Crippen molar-refractivity contribution in [1.29, 1.82) is 5.26 Å². The van der Waals surface area contributed by atoms with E-state index in [-0.39, 0.29) is 23.2 Å². The van der Waals surface area contributed by atoms with E-state index in [4.69, 9.17) is 5.26 Å². The van der Waals surface area contributed by atoms with Gasteiger partial charge in [0.2, 0.25) is 5.82 Å². The average molecular weight is 365 g/mol. The summed E-state index contributed by atoms with van der Waals surface area (Å²) in [5.41, 5.74) is 1.81. The van der Waals surface area contributed by atoms with Gasteiger partial charge in [0.1, 0.15) is 6.07 Å². The first-order chi connectivity index (χ1) is 13.1. The molecule has 1 aromatic carbocycles. The average Bonchev–Trinajstić information content (AvgIpc) is 2.71. The minimum Gasteiger partial charge on any atom is -0.348 e. The maximum absolute atomic E-state index is 12.6. The SMILES string of the molecule is CCCN(CCC)C(=O)c1ccc(CNC(=O)c2cnc(C#N)nc2)cc1. The fourth-order valence-corrected chi connectivity index (χ4v) is 2.59. The van der Waals surface area contributed by atoms with Gasteiger partial charge in [-0.15, -0.1) is 0 Å². The molecule has 0 aliphatic rings. The third-order valence-corrected chi connectivity index (χ3v) is 3.94. The minimum atomic E-state index is -0.322. The summed E-state index contributed by atoms with van der Waals surface area (Å²) in [6.07, 6.45) is 4.49. The van der Waals surface area contributed by atoms with Gasteiger partial charge in [-0.05, 0) is 30.5 Å². The standard InChI is InChI=1S/C20H23N5O2/c1-3-9-25(10-4-2)20(27)16-7-5-15(6-8-16)12-24-19(26)17-13-22-18(11-21)23-14-17/h5-8,13-14H,3-4,9-10,12H2,1-2H3,(H,24,26). The summed E-state index contributed by atoms with van der Waals surface area (Å²) in [5.74, 6) is -0.271. The van der Waals surface area contributed by atoms with Crippen LogP contribution in [0.25, 0.3) is 0 Å². The summed E-state index contributed by atoms with van der Waals surface area (Å²) < 4.78 is 0. The van der Waals surface area contributed by atoms with Gasteiger partial charge >= 0.3 is 0 Å². The number of benzene rings is 1. The Balaban J connectivity index is 1.95. The van der Waals surface area contributed by atoms with E-state index in [1.54, 1.807) is 18.2 Å². The molecule has 2 aromatic rings. The molecule has 0 radical (unpaired) electrons. The molecule has 27 heavy (non-hydrogen) atoms. The van der Waals surface area contributed by atoms with E-state index in [1.165, 1.54) is 12.4 Å². The summed E-state index contributed by atoms with van der Waals surface area (Å²) in [4.78, 5) is 34.1. The van der Waals surface area contributed by atoms with Crippen LogP contribution in [0.15, 0.2) is 36.7 Å². The molecule has 7 nitrogen and oxygen atoms in total. The molecule has 0 spiro atoms. The number of carbonyl (C=O) groups excluding carboxylic acids is 2. The number of hydrogen-bond acceptors (Lipinski definition) is 5. The van der Waals surface area contributed by atoms with Crippen LogP contribution in [0.4, 0.5) is 0 Å². The number of aromatic nitrogens is 2. The van der Waals surface area contributed by atoms with E-state index >= 15 is 0 Å². The van der Waals surface area contributed by atoms with Crippen LogP contribution >= 0.6 is 0 Å². The van der Waals surface area contributed by atoms with Gasteiger partial charge in [-0.25, -0.2) is 9.97 Å². The van der Waals surface area contributed by atoms with Crippen molar-refractivity contribution in [3.05, 3.63) is 59.2 Å². The molecule has 1 aromatic heterocycles. The number of carbonyl (C=O) groups is 2. The normalized spacial score (nSPS) is 10.1. The van der Waals surface area contributed by atoms with Crippen LogP contribution in [-0.4, -0.2) is 39.8 Å². The third-order valence-electron chi connectivity index (χ3n) is 3.94. The van der Waals surface area contributed by atoms with Gasteiger partial charge in [-0.2, -0.15) is 5.26 Å². The lowest BCUT2D eigenvalue weighted by molar-refractivity contribution is 0.0755. The highest BCUT2D eigenvalue weighted by Gasteiger charge is 2.14. The topological polar surface area (TPSA) is 99.0 Å². The third kappa shape index (κ3) is 5.61.